The minimum atomic E-state index is -0.730. The molecule has 1 aromatic carbocycles. The first-order valence-electron chi connectivity index (χ1n) is 5.92. The van der Waals surface area contributed by atoms with Crippen LogP contribution in [0.25, 0.3) is 0 Å². The fourth-order valence-corrected chi connectivity index (χ4v) is 2.84. The number of ether oxygens (including phenoxy) is 1. The van der Waals surface area contributed by atoms with Crippen LogP contribution in [0.3, 0.4) is 0 Å². The Morgan fingerprint density at radius 3 is 2.86 bits per heavy atom. The highest BCUT2D eigenvalue weighted by atomic mass is 35.5. The van der Waals surface area contributed by atoms with Crippen molar-refractivity contribution in [2.24, 2.45) is 0 Å². The van der Waals surface area contributed by atoms with E-state index in [1.165, 1.54) is 11.3 Å². The van der Waals surface area contributed by atoms with Crippen LogP contribution in [0.15, 0.2) is 23.6 Å². The Bertz CT molecular complexity index is 648. The summed E-state index contributed by atoms with van der Waals surface area (Å²) in [6.07, 6.45) is -0.730. The third-order valence-electron chi connectivity index (χ3n) is 2.49. The van der Waals surface area contributed by atoms with E-state index in [1.54, 1.807) is 30.5 Å². The zero-order valence-corrected chi connectivity index (χ0v) is 14.0. The molecule has 0 radical (unpaired) electrons. The van der Waals surface area contributed by atoms with E-state index in [-0.39, 0.29) is 5.91 Å². The molecule has 8 heteroatoms. The van der Waals surface area contributed by atoms with Crippen LogP contribution >= 0.6 is 46.1 Å². The van der Waals surface area contributed by atoms with Crippen molar-refractivity contribution < 1.29 is 9.53 Å². The lowest BCUT2D eigenvalue weighted by molar-refractivity contribution is -0.122. The van der Waals surface area contributed by atoms with Crippen LogP contribution in [-0.2, 0) is 10.7 Å². The molecule has 1 N–H and O–H groups in total. The molecule has 0 fully saturated rings. The highest BCUT2D eigenvalue weighted by molar-refractivity contribution is 7.14. The van der Waals surface area contributed by atoms with E-state index in [4.69, 9.17) is 39.5 Å². The van der Waals surface area contributed by atoms with E-state index in [2.05, 4.69) is 10.3 Å². The number of hydrogen-bond donors (Lipinski definition) is 1. The van der Waals surface area contributed by atoms with Gasteiger partial charge in [0.05, 0.1) is 16.6 Å². The lowest BCUT2D eigenvalue weighted by atomic mass is 10.3. The van der Waals surface area contributed by atoms with E-state index in [0.29, 0.717) is 32.5 Å². The number of thiazole rings is 1. The maximum atomic E-state index is 12.0. The Labute approximate surface area is 141 Å². The van der Waals surface area contributed by atoms with Crippen LogP contribution in [0.1, 0.15) is 12.6 Å². The van der Waals surface area contributed by atoms with Gasteiger partial charge < -0.3 is 4.74 Å². The standard InChI is InChI=1S/C13H11Cl3N2O2S/c1-7(20-11-3-2-8(15)4-10(11)16)12(19)18-13-17-9(5-14)6-21-13/h2-4,6-7H,5H2,1H3,(H,17,18,19). The van der Waals surface area contributed by atoms with Gasteiger partial charge in [-0.1, -0.05) is 23.2 Å². The number of rotatable bonds is 5. The molecule has 4 nitrogen and oxygen atoms in total. The van der Waals surface area contributed by atoms with Crippen LogP contribution in [0.5, 0.6) is 5.75 Å². The average Bonchev–Trinajstić information content (AvgIpc) is 2.89. The Morgan fingerprint density at radius 1 is 1.48 bits per heavy atom. The second kappa shape index (κ2) is 7.31. The summed E-state index contributed by atoms with van der Waals surface area (Å²) in [5.74, 6) is 0.375. The van der Waals surface area contributed by atoms with Gasteiger partial charge in [0.25, 0.3) is 5.91 Å². The van der Waals surface area contributed by atoms with Gasteiger partial charge in [-0.05, 0) is 25.1 Å². The van der Waals surface area contributed by atoms with Crippen LogP contribution < -0.4 is 10.1 Å². The molecular weight excluding hydrogens is 355 g/mol. The first-order chi connectivity index (χ1) is 9.99. The topological polar surface area (TPSA) is 51.2 Å². The maximum Gasteiger partial charge on any atom is 0.266 e. The maximum absolute atomic E-state index is 12.0. The molecule has 0 bridgehead atoms. The van der Waals surface area contributed by atoms with Gasteiger partial charge in [0.1, 0.15) is 5.75 Å². The number of benzene rings is 1. The fourth-order valence-electron chi connectivity index (χ4n) is 1.45. The summed E-state index contributed by atoms with van der Waals surface area (Å²) >= 11 is 18.8. The van der Waals surface area contributed by atoms with Crippen LogP contribution in [0.4, 0.5) is 5.13 Å². The molecule has 112 valence electrons. The summed E-state index contributed by atoms with van der Waals surface area (Å²) in [4.78, 5) is 16.2. The van der Waals surface area contributed by atoms with Gasteiger partial charge in [-0.15, -0.1) is 22.9 Å². The molecule has 0 aliphatic carbocycles. The lowest BCUT2D eigenvalue weighted by Gasteiger charge is -2.14. The Kier molecular flexibility index (Phi) is 5.70. The molecule has 0 saturated heterocycles. The molecular formula is C13H11Cl3N2O2S. The Morgan fingerprint density at radius 2 is 2.24 bits per heavy atom. The molecule has 2 aromatic rings. The summed E-state index contributed by atoms with van der Waals surface area (Å²) in [7, 11) is 0. The number of aromatic nitrogens is 1. The fraction of sp³-hybridized carbons (Fsp3) is 0.231. The highest BCUT2D eigenvalue weighted by Crippen LogP contribution is 2.28. The van der Waals surface area contributed by atoms with Crippen LogP contribution in [-0.4, -0.2) is 17.0 Å². The second-order valence-electron chi connectivity index (χ2n) is 4.10. The number of nitrogens with one attached hydrogen (secondary N) is 1. The van der Waals surface area contributed by atoms with Gasteiger partial charge in [-0.2, -0.15) is 0 Å². The molecule has 2 rings (SSSR count). The SMILES string of the molecule is CC(Oc1ccc(Cl)cc1Cl)C(=O)Nc1nc(CCl)cs1. The summed E-state index contributed by atoms with van der Waals surface area (Å²) in [6.45, 7) is 1.62. The van der Waals surface area contributed by atoms with Crippen LogP contribution in [0, 0.1) is 0 Å². The second-order valence-corrected chi connectivity index (χ2v) is 6.07. The average molecular weight is 366 g/mol. The van der Waals surface area contributed by atoms with E-state index in [0.717, 1.165) is 0 Å². The minimum absolute atomic E-state index is 0.304. The number of nitrogens with zero attached hydrogens (tertiary/aromatic N) is 1. The molecule has 1 amide bonds. The number of alkyl halides is 1. The molecule has 0 aliphatic rings. The van der Waals surface area contributed by atoms with Gasteiger partial charge in [0.15, 0.2) is 11.2 Å². The van der Waals surface area contributed by atoms with E-state index in [1.807, 2.05) is 0 Å². The van der Waals surface area contributed by atoms with Gasteiger partial charge >= 0.3 is 0 Å². The third kappa shape index (κ3) is 4.48. The van der Waals surface area contributed by atoms with Gasteiger partial charge in [-0.25, -0.2) is 4.98 Å². The molecule has 1 heterocycles. The number of halogens is 3. The van der Waals surface area contributed by atoms with Crippen molar-refractivity contribution in [2.45, 2.75) is 18.9 Å². The first-order valence-corrected chi connectivity index (χ1v) is 8.09. The van der Waals surface area contributed by atoms with Crippen molar-refractivity contribution in [3.8, 4) is 5.75 Å². The monoisotopic (exact) mass is 364 g/mol. The van der Waals surface area contributed by atoms with Crippen molar-refractivity contribution >= 4 is 57.2 Å². The molecule has 21 heavy (non-hydrogen) atoms. The number of carbonyl (C=O) groups excluding carboxylic acids is 1. The zero-order chi connectivity index (χ0) is 15.4. The molecule has 0 aliphatic heterocycles. The summed E-state index contributed by atoms with van der Waals surface area (Å²) in [5.41, 5.74) is 0.714. The zero-order valence-electron chi connectivity index (χ0n) is 10.9. The summed E-state index contributed by atoms with van der Waals surface area (Å²) < 4.78 is 5.52. The molecule has 0 spiro atoms. The van der Waals surface area contributed by atoms with Gasteiger partial charge in [0.2, 0.25) is 0 Å². The number of amides is 1. The van der Waals surface area contributed by atoms with Crippen molar-refractivity contribution in [3.05, 3.63) is 39.3 Å². The quantitative estimate of drug-likeness (QED) is 0.788. The van der Waals surface area contributed by atoms with Crippen molar-refractivity contribution in [2.75, 3.05) is 5.32 Å². The largest absolute Gasteiger partial charge is 0.479 e. The smallest absolute Gasteiger partial charge is 0.266 e. The van der Waals surface area contributed by atoms with Gasteiger partial charge in [0, 0.05) is 10.4 Å². The van der Waals surface area contributed by atoms with Crippen molar-refractivity contribution in [1.82, 2.24) is 4.98 Å². The molecule has 1 atom stereocenters. The van der Waals surface area contributed by atoms with E-state index >= 15 is 0 Å². The predicted octanol–water partition coefficient (Wildman–Crippen LogP) is 4.59. The number of hydrogen-bond acceptors (Lipinski definition) is 4. The van der Waals surface area contributed by atoms with Gasteiger partial charge in [-0.3, -0.25) is 10.1 Å². The molecule has 0 saturated carbocycles. The van der Waals surface area contributed by atoms with E-state index < -0.39 is 6.10 Å². The van der Waals surface area contributed by atoms with E-state index in [9.17, 15) is 4.79 Å². The van der Waals surface area contributed by atoms with Crippen LogP contribution in [0.2, 0.25) is 10.0 Å². The molecule has 1 unspecified atom stereocenters. The minimum Gasteiger partial charge on any atom is -0.479 e. The Balaban J connectivity index is 1.98. The molecule has 1 aromatic heterocycles. The summed E-state index contributed by atoms with van der Waals surface area (Å²) in [5, 5.41) is 5.77. The Hall–Kier alpha value is -1.01. The predicted molar refractivity (Wildman–Crippen MR) is 86.9 cm³/mol. The lowest BCUT2D eigenvalue weighted by Crippen LogP contribution is -2.30. The summed E-state index contributed by atoms with van der Waals surface area (Å²) in [6, 6.07) is 4.81. The van der Waals surface area contributed by atoms with Crippen molar-refractivity contribution in [1.29, 1.82) is 0 Å². The normalized spacial score (nSPS) is 12.0. The number of anilines is 1. The van der Waals surface area contributed by atoms with Crippen molar-refractivity contribution in [3.63, 3.8) is 0 Å². The highest BCUT2D eigenvalue weighted by Gasteiger charge is 2.17. The third-order valence-corrected chi connectivity index (χ3v) is 4.10. The first kappa shape index (κ1) is 16.4. The number of carbonyl (C=O) groups is 1.